The van der Waals surface area contributed by atoms with Gasteiger partial charge < -0.3 is 9.64 Å². The third-order valence-electron chi connectivity index (χ3n) is 4.39. The van der Waals surface area contributed by atoms with Gasteiger partial charge in [-0.05, 0) is 32.0 Å². The maximum atomic E-state index is 12.9. The first kappa shape index (κ1) is 22.4. The average Bonchev–Trinajstić information content (AvgIpc) is 2.53. The van der Waals surface area contributed by atoms with Crippen LogP contribution in [-0.2, 0) is 24.6 Å². The molecule has 1 aromatic rings. The minimum Gasteiger partial charge on any atom is -0.372 e. The van der Waals surface area contributed by atoms with E-state index in [0.717, 1.165) is 16.2 Å². The molecular weight excluding hydrogens is 412 g/mol. The number of sulfone groups is 1. The van der Waals surface area contributed by atoms with Gasteiger partial charge in [-0.1, -0.05) is 18.5 Å². The Hall–Kier alpha value is -0.870. The van der Waals surface area contributed by atoms with Crippen molar-refractivity contribution in [2.75, 3.05) is 49.7 Å². The fourth-order valence-corrected chi connectivity index (χ4v) is 5.50. The summed E-state index contributed by atoms with van der Waals surface area (Å²) in [6.45, 7) is 7.63. The number of ether oxygens (including phenoxy) is 1. The number of sulfonamides is 1. The van der Waals surface area contributed by atoms with Crippen LogP contribution in [0.2, 0.25) is 5.02 Å². The Bertz CT molecular complexity index is 885. The molecule has 1 aliphatic heterocycles. The summed E-state index contributed by atoms with van der Waals surface area (Å²) in [4.78, 5) is 2.13. The quantitative estimate of drug-likeness (QED) is 0.647. The predicted octanol–water partition coefficient (Wildman–Crippen LogP) is 2.01. The summed E-state index contributed by atoms with van der Waals surface area (Å²) in [5.41, 5.74) is 0.447. The van der Waals surface area contributed by atoms with Gasteiger partial charge in [-0.2, -0.15) is 4.31 Å². The summed E-state index contributed by atoms with van der Waals surface area (Å²) in [7, 11) is -7.09. The monoisotopic (exact) mass is 438 g/mol. The molecule has 0 atom stereocenters. The maximum Gasteiger partial charge on any atom is 0.243 e. The number of halogens is 1. The van der Waals surface area contributed by atoms with Crippen molar-refractivity contribution in [1.29, 1.82) is 0 Å². The van der Waals surface area contributed by atoms with E-state index in [1.165, 1.54) is 12.1 Å². The van der Waals surface area contributed by atoms with Crippen molar-refractivity contribution < 1.29 is 21.6 Å². The standard InChI is InChI=1S/C17H27ClN2O5S2/c1-5-20(9-11-26(4,21)22)27(23,24)14-6-7-16(15(18)12-14)19-8-10-25-17(2,3)13-19/h6-7,12H,5,8-11,13H2,1-4H3. The lowest BCUT2D eigenvalue weighted by Crippen LogP contribution is -2.48. The van der Waals surface area contributed by atoms with Crippen molar-refractivity contribution in [2.45, 2.75) is 31.3 Å². The first-order valence-electron chi connectivity index (χ1n) is 8.72. The molecule has 154 valence electrons. The third kappa shape index (κ3) is 5.80. The summed E-state index contributed by atoms with van der Waals surface area (Å²) in [5, 5.41) is 0.341. The second kappa shape index (κ2) is 8.24. The number of hydrogen-bond donors (Lipinski definition) is 0. The lowest BCUT2D eigenvalue weighted by molar-refractivity contribution is -0.0276. The molecule has 27 heavy (non-hydrogen) atoms. The van der Waals surface area contributed by atoms with Crippen LogP contribution in [-0.4, -0.2) is 71.5 Å². The zero-order valence-corrected chi connectivity index (χ0v) is 18.5. The Labute approximate surface area is 167 Å². The third-order valence-corrected chi connectivity index (χ3v) is 7.58. The largest absolute Gasteiger partial charge is 0.372 e. The predicted molar refractivity (Wildman–Crippen MR) is 108 cm³/mol. The number of rotatable bonds is 7. The lowest BCUT2D eigenvalue weighted by Gasteiger charge is -2.39. The molecule has 1 saturated heterocycles. The van der Waals surface area contributed by atoms with Crippen LogP contribution in [0.1, 0.15) is 20.8 Å². The molecule has 2 rings (SSSR count). The molecule has 0 unspecified atom stereocenters. The number of anilines is 1. The molecule has 1 aromatic carbocycles. The summed E-state index contributed by atoms with van der Waals surface area (Å²) < 4.78 is 55.3. The van der Waals surface area contributed by atoms with Crippen LogP contribution in [0.4, 0.5) is 5.69 Å². The highest BCUT2D eigenvalue weighted by atomic mass is 35.5. The van der Waals surface area contributed by atoms with Gasteiger partial charge in [-0.3, -0.25) is 0 Å². The van der Waals surface area contributed by atoms with Gasteiger partial charge in [0.25, 0.3) is 0 Å². The molecular formula is C17H27ClN2O5S2. The van der Waals surface area contributed by atoms with Crippen molar-refractivity contribution in [3.8, 4) is 0 Å². The molecule has 7 nitrogen and oxygen atoms in total. The first-order valence-corrected chi connectivity index (χ1v) is 12.6. The lowest BCUT2D eigenvalue weighted by atomic mass is 10.1. The van der Waals surface area contributed by atoms with Crippen LogP contribution in [0.3, 0.4) is 0 Å². The molecule has 0 bridgehead atoms. The number of morpholine rings is 1. The van der Waals surface area contributed by atoms with Gasteiger partial charge in [0.2, 0.25) is 10.0 Å². The van der Waals surface area contributed by atoms with Crippen LogP contribution in [0.25, 0.3) is 0 Å². The molecule has 0 spiro atoms. The molecule has 1 aliphatic rings. The van der Waals surface area contributed by atoms with E-state index in [0.29, 0.717) is 24.7 Å². The van der Waals surface area contributed by atoms with Crippen LogP contribution in [0.5, 0.6) is 0 Å². The SMILES string of the molecule is CCN(CCS(C)(=O)=O)S(=O)(=O)c1ccc(N2CCOC(C)(C)C2)c(Cl)c1. The summed E-state index contributed by atoms with van der Waals surface area (Å²) in [6.07, 6.45) is 1.09. The van der Waals surface area contributed by atoms with Gasteiger partial charge in [0.1, 0.15) is 9.84 Å². The van der Waals surface area contributed by atoms with Crippen molar-refractivity contribution in [3.05, 3.63) is 23.2 Å². The van der Waals surface area contributed by atoms with E-state index < -0.39 is 19.9 Å². The van der Waals surface area contributed by atoms with E-state index in [2.05, 4.69) is 4.90 Å². The first-order chi connectivity index (χ1) is 12.4. The van der Waals surface area contributed by atoms with E-state index in [4.69, 9.17) is 16.3 Å². The second-order valence-electron chi connectivity index (χ2n) is 7.27. The van der Waals surface area contributed by atoms with Gasteiger partial charge in [0, 0.05) is 32.4 Å². The molecule has 1 fully saturated rings. The van der Waals surface area contributed by atoms with Gasteiger partial charge in [0.05, 0.1) is 33.6 Å². The van der Waals surface area contributed by atoms with Crippen molar-refractivity contribution in [2.24, 2.45) is 0 Å². The number of nitrogens with zero attached hydrogens (tertiary/aromatic N) is 2. The zero-order chi connectivity index (χ0) is 20.5. The number of benzene rings is 1. The normalized spacial score (nSPS) is 18.1. The fraction of sp³-hybridized carbons (Fsp3) is 0.647. The highest BCUT2D eigenvalue weighted by molar-refractivity contribution is 7.91. The van der Waals surface area contributed by atoms with Crippen LogP contribution in [0, 0.1) is 0 Å². The van der Waals surface area contributed by atoms with Gasteiger partial charge in [-0.25, -0.2) is 16.8 Å². The summed E-state index contributed by atoms with van der Waals surface area (Å²) >= 11 is 6.40. The molecule has 0 aliphatic carbocycles. The van der Waals surface area contributed by atoms with Gasteiger partial charge in [-0.15, -0.1) is 0 Å². The van der Waals surface area contributed by atoms with Crippen LogP contribution >= 0.6 is 11.6 Å². The summed E-state index contributed by atoms with van der Waals surface area (Å²) in [5.74, 6) is -0.227. The topological polar surface area (TPSA) is 84.0 Å². The Kier molecular flexibility index (Phi) is 6.85. The molecule has 0 aromatic heterocycles. The average molecular weight is 439 g/mol. The molecule has 0 N–H and O–H groups in total. The Balaban J connectivity index is 2.27. The van der Waals surface area contributed by atoms with Gasteiger partial charge >= 0.3 is 0 Å². The minimum atomic E-state index is -3.83. The Morgan fingerprint density at radius 3 is 2.44 bits per heavy atom. The smallest absolute Gasteiger partial charge is 0.243 e. The Morgan fingerprint density at radius 2 is 1.93 bits per heavy atom. The molecule has 0 saturated carbocycles. The van der Waals surface area contributed by atoms with Gasteiger partial charge in [0.15, 0.2) is 0 Å². The van der Waals surface area contributed by atoms with E-state index in [1.807, 2.05) is 13.8 Å². The fourth-order valence-electron chi connectivity index (χ4n) is 2.99. The number of hydrogen-bond acceptors (Lipinski definition) is 6. The van der Waals surface area contributed by atoms with Crippen molar-refractivity contribution in [3.63, 3.8) is 0 Å². The van der Waals surface area contributed by atoms with E-state index >= 15 is 0 Å². The summed E-state index contributed by atoms with van der Waals surface area (Å²) in [6, 6.07) is 4.64. The van der Waals surface area contributed by atoms with Crippen LogP contribution in [0.15, 0.2) is 23.1 Å². The van der Waals surface area contributed by atoms with Crippen LogP contribution < -0.4 is 4.90 Å². The van der Waals surface area contributed by atoms with Crippen molar-refractivity contribution in [1.82, 2.24) is 4.31 Å². The highest BCUT2D eigenvalue weighted by Gasteiger charge is 2.29. The molecule has 1 heterocycles. The maximum absolute atomic E-state index is 12.9. The van der Waals surface area contributed by atoms with E-state index in [9.17, 15) is 16.8 Å². The zero-order valence-electron chi connectivity index (χ0n) is 16.1. The van der Waals surface area contributed by atoms with Crippen molar-refractivity contribution >= 4 is 37.1 Å². The minimum absolute atomic E-state index is 0.0547. The second-order valence-corrected chi connectivity index (χ2v) is 11.9. The Morgan fingerprint density at radius 1 is 1.26 bits per heavy atom. The molecule has 0 radical (unpaired) electrons. The highest BCUT2D eigenvalue weighted by Crippen LogP contribution is 2.32. The van der Waals surface area contributed by atoms with E-state index in [1.54, 1.807) is 13.0 Å². The molecule has 10 heteroatoms. The molecule has 0 amide bonds. The van der Waals surface area contributed by atoms with E-state index in [-0.39, 0.29) is 29.3 Å².